The summed E-state index contributed by atoms with van der Waals surface area (Å²) in [4.78, 5) is 25.7. The molecule has 102 valence electrons. The van der Waals surface area contributed by atoms with E-state index < -0.39 is 6.04 Å². The second-order valence-electron chi connectivity index (χ2n) is 4.73. The third-order valence-electron chi connectivity index (χ3n) is 3.60. The van der Waals surface area contributed by atoms with Crippen molar-refractivity contribution >= 4 is 11.9 Å². The van der Waals surface area contributed by atoms with Crippen LogP contribution >= 0.6 is 0 Å². The minimum Gasteiger partial charge on any atom is -0.467 e. The van der Waals surface area contributed by atoms with Crippen LogP contribution in [0.15, 0.2) is 24.3 Å². The molecule has 1 amide bonds. The van der Waals surface area contributed by atoms with E-state index in [1.807, 2.05) is 24.3 Å². The summed E-state index contributed by atoms with van der Waals surface area (Å²) in [6.45, 7) is 2.69. The Morgan fingerprint density at radius 2 is 2.00 bits per heavy atom. The lowest BCUT2D eigenvalue weighted by molar-refractivity contribution is -0.145. The van der Waals surface area contributed by atoms with Gasteiger partial charge in [-0.25, -0.2) is 4.79 Å². The van der Waals surface area contributed by atoms with E-state index in [1.54, 1.807) is 4.90 Å². The number of hydrogen-bond acceptors (Lipinski definition) is 3. The molecule has 4 heteroatoms. The molecule has 2 rings (SSSR count). The van der Waals surface area contributed by atoms with Gasteiger partial charge in [0.2, 0.25) is 0 Å². The van der Waals surface area contributed by atoms with Crippen molar-refractivity contribution in [2.45, 2.75) is 32.2 Å². The summed E-state index contributed by atoms with van der Waals surface area (Å²) in [5.74, 6) is -0.411. The smallest absolute Gasteiger partial charge is 0.328 e. The van der Waals surface area contributed by atoms with E-state index in [-0.39, 0.29) is 11.9 Å². The van der Waals surface area contributed by atoms with Crippen LogP contribution in [0, 0.1) is 0 Å². The largest absolute Gasteiger partial charge is 0.467 e. The first-order valence-electron chi connectivity index (χ1n) is 6.65. The number of methoxy groups -OCH3 is 1. The van der Waals surface area contributed by atoms with Crippen LogP contribution in [0.5, 0.6) is 0 Å². The molecular weight excluding hydrogens is 242 g/mol. The molecule has 0 radical (unpaired) electrons. The Morgan fingerprint density at radius 3 is 2.58 bits per heavy atom. The molecule has 1 aromatic carbocycles. The topological polar surface area (TPSA) is 46.6 Å². The minimum absolute atomic E-state index is 0.0875. The van der Waals surface area contributed by atoms with E-state index in [9.17, 15) is 9.59 Å². The van der Waals surface area contributed by atoms with Crippen molar-refractivity contribution < 1.29 is 14.3 Å². The Hall–Kier alpha value is -1.84. The van der Waals surface area contributed by atoms with Gasteiger partial charge in [0.05, 0.1) is 7.11 Å². The van der Waals surface area contributed by atoms with E-state index >= 15 is 0 Å². The van der Waals surface area contributed by atoms with Crippen LogP contribution < -0.4 is 0 Å². The zero-order chi connectivity index (χ0) is 13.8. The van der Waals surface area contributed by atoms with Gasteiger partial charge >= 0.3 is 5.97 Å². The molecule has 1 aromatic rings. The number of esters is 1. The first-order chi connectivity index (χ1) is 9.17. The molecule has 1 atom stereocenters. The van der Waals surface area contributed by atoms with Crippen LogP contribution in [0.3, 0.4) is 0 Å². The van der Waals surface area contributed by atoms with Gasteiger partial charge in [0.15, 0.2) is 0 Å². The maximum absolute atomic E-state index is 12.4. The summed E-state index contributed by atoms with van der Waals surface area (Å²) in [5, 5.41) is 0. The van der Waals surface area contributed by atoms with Gasteiger partial charge < -0.3 is 9.64 Å². The van der Waals surface area contributed by atoms with Crippen LogP contribution in [-0.2, 0) is 16.0 Å². The predicted octanol–water partition coefficient (Wildman–Crippen LogP) is 2.03. The number of benzene rings is 1. The standard InChI is InChI=1S/C15H19NO3/c1-3-11-6-8-12(9-7-11)14(17)16-10-4-5-13(16)15(18)19-2/h6-9,13H,3-5,10H2,1-2H3. The lowest BCUT2D eigenvalue weighted by atomic mass is 10.1. The number of carbonyl (C=O) groups excluding carboxylic acids is 2. The average Bonchev–Trinajstić information content (AvgIpc) is 2.95. The van der Waals surface area contributed by atoms with Crippen molar-refractivity contribution in [3.8, 4) is 0 Å². The molecule has 0 N–H and O–H groups in total. The Kier molecular flexibility index (Phi) is 4.20. The summed E-state index contributed by atoms with van der Waals surface area (Å²) < 4.78 is 4.75. The summed E-state index contributed by atoms with van der Waals surface area (Å²) in [5.41, 5.74) is 1.83. The van der Waals surface area contributed by atoms with E-state index in [0.717, 1.165) is 12.8 Å². The summed E-state index contributed by atoms with van der Waals surface area (Å²) in [7, 11) is 1.36. The van der Waals surface area contributed by atoms with Gasteiger partial charge in [-0.15, -0.1) is 0 Å². The maximum Gasteiger partial charge on any atom is 0.328 e. The van der Waals surface area contributed by atoms with Crippen LogP contribution in [0.25, 0.3) is 0 Å². The fraction of sp³-hybridized carbons (Fsp3) is 0.467. The first kappa shape index (κ1) is 13.6. The van der Waals surface area contributed by atoms with Gasteiger partial charge in [-0.2, -0.15) is 0 Å². The highest BCUT2D eigenvalue weighted by atomic mass is 16.5. The van der Waals surface area contributed by atoms with Gasteiger partial charge in [-0.1, -0.05) is 19.1 Å². The van der Waals surface area contributed by atoms with Crippen LogP contribution in [0.2, 0.25) is 0 Å². The molecule has 1 fully saturated rings. The number of ether oxygens (including phenoxy) is 1. The normalized spacial score (nSPS) is 18.4. The number of hydrogen-bond donors (Lipinski definition) is 0. The Balaban J connectivity index is 2.15. The third kappa shape index (κ3) is 2.78. The van der Waals surface area contributed by atoms with Gasteiger partial charge in [-0.05, 0) is 37.0 Å². The average molecular weight is 261 g/mol. The number of likely N-dealkylation sites (tertiary alicyclic amines) is 1. The van der Waals surface area contributed by atoms with E-state index in [4.69, 9.17) is 4.74 Å². The van der Waals surface area contributed by atoms with Crippen molar-refractivity contribution in [1.29, 1.82) is 0 Å². The number of rotatable bonds is 3. The highest BCUT2D eigenvalue weighted by Crippen LogP contribution is 2.21. The number of carbonyl (C=O) groups is 2. The Morgan fingerprint density at radius 1 is 1.32 bits per heavy atom. The molecule has 0 spiro atoms. The predicted molar refractivity (Wildman–Crippen MR) is 71.9 cm³/mol. The lowest BCUT2D eigenvalue weighted by Crippen LogP contribution is -2.41. The Bertz CT molecular complexity index is 467. The SMILES string of the molecule is CCc1ccc(C(=O)N2CCCC2C(=O)OC)cc1. The molecule has 1 heterocycles. The molecule has 19 heavy (non-hydrogen) atoms. The molecule has 1 saturated heterocycles. The maximum atomic E-state index is 12.4. The zero-order valence-electron chi connectivity index (χ0n) is 11.4. The second-order valence-corrected chi connectivity index (χ2v) is 4.73. The van der Waals surface area contributed by atoms with Gasteiger partial charge in [0.25, 0.3) is 5.91 Å². The first-order valence-corrected chi connectivity index (χ1v) is 6.65. The molecule has 1 unspecified atom stereocenters. The highest BCUT2D eigenvalue weighted by Gasteiger charge is 2.35. The van der Waals surface area contributed by atoms with Crippen molar-refractivity contribution in [2.24, 2.45) is 0 Å². The molecule has 1 aliphatic rings. The van der Waals surface area contributed by atoms with Crippen LogP contribution in [-0.4, -0.2) is 36.5 Å². The van der Waals surface area contributed by atoms with E-state index in [1.165, 1.54) is 12.7 Å². The third-order valence-corrected chi connectivity index (χ3v) is 3.60. The molecule has 0 bridgehead atoms. The highest BCUT2D eigenvalue weighted by molar-refractivity contribution is 5.97. The summed E-state index contributed by atoms with van der Waals surface area (Å²) in [6, 6.07) is 7.14. The summed E-state index contributed by atoms with van der Waals surface area (Å²) in [6.07, 6.45) is 2.48. The fourth-order valence-corrected chi connectivity index (χ4v) is 2.44. The quantitative estimate of drug-likeness (QED) is 0.782. The van der Waals surface area contributed by atoms with Crippen molar-refractivity contribution in [3.05, 3.63) is 35.4 Å². The molecular formula is C15H19NO3. The van der Waals surface area contributed by atoms with Crippen LogP contribution in [0.1, 0.15) is 35.7 Å². The zero-order valence-corrected chi connectivity index (χ0v) is 11.4. The van der Waals surface area contributed by atoms with Crippen LogP contribution in [0.4, 0.5) is 0 Å². The fourth-order valence-electron chi connectivity index (χ4n) is 2.44. The van der Waals surface area contributed by atoms with Crippen molar-refractivity contribution in [1.82, 2.24) is 4.90 Å². The summed E-state index contributed by atoms with van der Waals surface area (Å²) >= 11 is 0. The Labute approximate surface area is 113 Å². The number of nitrogens with zero attached hydrogens (tertiary/aromatic N) is 1. The van der Waals surface area contributed by atoms with E-state index in [2.05, 4.69) is 6.92 Å². The van der Waals surface area contributed by atoms with Gasteiger partial charge in [-0.3, -0.25) is 4.79 Å². The minimum atomic E-state index is -0.427. The number of amides is 1. The van der Waals surface area contributed by atoms with Gasteiger partial charge in [0.1, 0.15) is 6.04 Å². The second kappa shape index (κ2) is 5.87. The van der Waals surface area contributed by atoms with Gasteiger partial charge in [0, 0.05) is 12.1 Å². The molecule has 4 nitrogen and oxygen atoms in total. The molecule has 0 aliphatic carbocycles. The van der Waals surface area contributed by atoms with Crippen molar-refractivity contribution in [2.75, 3.05) is 13.7 Å². The van der Waals surface area contributed by atoms with Crippen molar-refractivity contribution in [3.63, 3.8) is 0 Å². The molecule has 1 aliphatic heterocycles. The monoisotopic (exact) mass is 261 g/mol. The molecule has 0 saturated carbocycles. The number of aryl methyl sites for hydroxylation is 1. The molecule has 0 aromatic heterocycles. The van der Waals surface area contributed by atoms with E-state index in [0.29, 0.717) is 18.5 Å². The lowest BCUT2D eigenvalue weighted by Gasteiger charge is -2.22.